The molecule has 0 saturated heterocycles. The summed E-state index contributed by atoms with van der Waals surface area (Å²) in [6.07, 6.45) is 0.922. The number of rotatable bonds is 5. The number of thiocarbonyl (C=S) groups is 1. The predicted octanol–water partition coefficient (Wildman–Crippen LogP) is 3.40. The van der Waals surface area contributed by atoms with Crippen LogP contribution >= 0.6 is 12.2 Å². The van der Waals surface area contributed by atoms with Crippen LogP contribution in [0.15, 0.2) is 0 Å². The largest absolute Gasteiger partial charge is 0.491 e. The molecule has 0 amide bonds. The van der Waals surface area contributed by atoms with Crippen molar-refractivity contribution in [3.8, 4) is 0 Å². The second-order valence-corrected chi connectivity index (χ2v) is 9.33. The number of hydrogen-bond donors (Lipinski definition) is 0. The Labute approximate surface area is 82.5 Å². The molecule has 12 heavy (non-hydrogen) atoms. The third-order valence-electron chi connectivity index (χ3n) is 2.83. The predicted molar refractivity (Wildman–Crippen MR) is 61.4 cm³/mol. The molecule has 0 fully saturated rings. The van der Waals surface area contributed by atoms with Gasteiger partial charge in [-0.15, -0.1) is 0 Å². The van der Waals surface area contributed by atoms with Gasteiger partial charge in [0.1, 0.15) is 0 Å². The van der Waals surface area contributed by atoms with E-state index in [0.717, 1.165) is 6.23 Å². The van der Waals surface area contributed by atoms with E-state index in [-0.39, 0.29) is 0 Å². The molecule has 0 unspecified atom stereocenters. The summed E-state index contributed by atoms with van der Waals surface area (Å²) in [5.74, 6) is 0. The second-order valence-electron chi connectivity index (χ2n) is 3.34. The maximum absolute atomic E-state index is 5.47. The average molecular weight is 204 g/mol. The summed E-state index contributed by atoms with van der Waals surface area (Å²) in [7, 11) is -1.09. The fourth-order valence-corrected chi connectivity index (χ4v) is 4.11. The van der Waals surface area contributed by atoms with Crippen LogP contribution in [0.3, 0.4) is 0 Å². The molecule has 0 N–H and O–H groups in total. The minimum Gasteiger partial charge on any atom is -0.491 e. The standard InChI is InChI=1S/C9H20OSSi/c1-5-12(6-2,7-3)8-10-9(4)11/h5-8H2,1-4H3. The maximum Gasteiger partial charge on any atom is 0.156 e. The Morgan fingerprint density at radius 1 is 1.17 bits per heavy atom. The Morgan fingerprint density at radius 2 is 1.58 bits per heavy atom. The van der Waals surface area contributed by atoms with Gasteiger partial charge in [0.05, 0.1) is 14.3 Å². The van der Waals surface area contributed by atoms with Gasteiger partial charge in [0.2, 0.25) is 0 Å². The molecule has 3 heteroatoms. The van der Waals surface area contributed by atoms with Crippen LogP contribution in [0.25, 0.3) is 0 Å². The Kier molecular flexibility index (Phi) is 5.75. The third kappa shape index (κ3) is 3.67. The van der Waals surface area contributed by atoms with Crippen LogP contribution < -0.4 is 0 Å². The summed E-state index contributed by atoms with van der Waals surface area (Å²) in [6.45, 7) is 8.69. The topological polar surface area (TPSA) is 9.23 Å². The van der Waals surface area contributed by atoms with Crippen LogP contribution in [-0.2, 0) is 4.74 Å². The summed E-state index contributed by atoms with van der Waals surface area (Å²) in [5, 5.41) is 0.697. The summed E-state index contributed by atoms with van der Waals surface area (Å²) in [5.41, 5.74) is 0. The zero-order chi connectivity index (χ0) is 9.61. The average Bonchev–Trinajstić information content (AvgIpc) is 2.08. The van der Waals surface area contributed by atoms with Gasteiger partial charge in [-0.1, -0.05) is 38.9 Å². The van der Waals surface area contributed by atoms with Gasteiger partial charge in [-0.05, 0) is 12.2 Å². The smallest absolute Gasteiger partial charge is 0.156 e. The van der Waals surface area contributed by atoms with Crippen molar-refractivity contribution in [3.05, 3.63) is 0 Å². The lowest BCUT2D eigenvalue weighted by Crippen LogP contribution is -2.38. The molecule has 0 aliphatic carbocycles. The van der Waals surface area contributed by atoms with Gasteiger partial charge in [0, 0.05) is 6.92 Å². The highest BCUT2D eigenvalue weighted by Crippen LogP contribution is 2.20. The molecule has 0 bridgehead atoms. The number of ether oxygens (including phenoxy) is 1. The van der Waals surface area contributed by atoms with Gasteiger partial charge in [-0.3, -0.25) is 0 Å². The summed E-state index contributed by atoms with van der Waals surface area (Å²) >= 11 is 4.91. The molecular weight excluding hydrogens is 184 g/mol. The molecule has 0 radical (unpaired) electrons. The lowest BCUT2D eigenvalue weighted by atomic mass is 10.9. The van der Waals surface area contributed by atoms with Crippen molar-refractivity contribution in [2.45, 2.75) is 45.8 Å². The summed E-state index contributed by atoms with van der Waals surface area (Å²) in [4.78, 5) is 0. The molecule has 0 saturated carbocycles. The molecule has 1 nitrogen and oxygen atoms in total. The second kappa shape index (κ2) is 5.70. The first-order valence-electron chi connectivity index (χ1n) is 4.73. The monoisotopic (exact) mass is 204 g/mol. The third-order valence-corrected chi connectivity index (χ3v) is 8.21. The minimum absolute atomic E-state index is 0.697. The first-order valence-corrected chi connectivity index (χ1v) is 7.97. The normalized spacial score (nSPS) is 11.3. The van der Waals surface area contributed by atoms with E-state index in [1.54, 1.807) is 0 Å². The van der Waals surface area contributed by atoms with E-state index in [0.29, 0.717) is 5.05 Å². The quantitative estimate of drug-likeness (QED) is 0.501. The molecule has 0 spiro atoms. The van der Waals surface area contributed by atoms with Crippen molar-refractivity contribution in [3.63, 3.8) is 0 Å². The van der Waals surface area contributed by atoms with Crippen molar-refractivity contribution in [1.29, 1.82) is 0 Å². The molecule has 0 rings (SSSR count). The van der Waals surface area contributed by atoms with Crippen molar-refractivity contribution < 1.29 is 4.74 Å². The van der Waals surface area contributed by atoms with E-state index in [1.807, 2.05) is 6.92 Å². The van der Waals surface area contributed by atoms with E-state index in [4.69, 9.17) is 17.0 Å². The van der Waals surface area contributed by atoms with Crippen molar-refractivity contribution in [1.82, 2.24) is 0 Å². The molecule has 0 atom stereocenters. The molecule has 0 aliphatic heterocycles. The van der Waals surface area contributed by atoms with Crippen LogP contribution in [0.5, 0.6) is 0 Å². The Bertz CT molecular complexity index is 135. The van der Waals surface area contributed by atoms with Crippen molar-refractivity contribution >= 4 is 25.3 Å². The molecule has 0 aromatic carbocycles. The van der Waals surface area contributed by atoms with Gasteiger partial charge in [-0.25, -0.2) is 0 Å². The van der Waals surface area contributed by atoms with Crippen LogP contribution in [0.4, 0.5) is 0 Å². The fourth-order valence-electron chi connectivity index (χ4n) is 1.31. The number of hydrogen-bond acceptors (Lipinski definition) is 2. The zero-order valence-corrected chi connectivity index (χ0v) is 10.5. The summed E-state index contributed by atoms with van der Waals surface area (Å²) in [6, 6.07) is 3.92. The fraction of sp³-hybridized carbons (Fsp3) is 0.889. The SMILES string of the molecule is CC[Si](CC)(CC)COC(C)=S. The molecule has 0 aliphatic rings. The van der Waals surface area contributed by atoms with E-state index >= 15 is 0 Å². The Morgan fingerprint density at radius 3 is 1.83 bits per heavy atom. The maximum atomic E-state index is 5.47. The van der Waals surface area contributed by atoms with Crippen LogP contribution in [0.1, 0.15) is 27.7 Å². The van der Waals surface area contributed by atoms with Crippen LogP contribution in [-0.4, -0.2) is 19.4 Å². The van der Waals surface area contributed by atoms with E-state index < -0.39 is 8.07 Å². The molecule has 0 aromatic heterocycles. The lowest BCUT2D eigenvalue weighted by molar-refractivity contribution is 0.369. The van der Waals surface area contributed by atoms with Gasteiger partial charge in [0.25, 0.3) is 0 Å². The molecule has 0 aromatic rings. The Balaban J connectivity index is 4.01. The van der Waals surface area contributed by atoms with E-state index in [1.165, 1.54) is 18.1 Å². The van der Waals surface area contributed by atoms with E-state index in [2.05, 4.69) is 20.8 Å². The highest BCUT2D eigenvalue weighted by Gasteiger charge is 2.27. The van der Waals surface area contributed by atoms with Crippen LogP contribution in [0.2, 0.25) is 18.1 Å². The first kappa shape index (κ1) is 12.1. The van der Waals surface area contributed by atoms with Gasteiger partial charge in [0.15, 0.2) is 5.05 Å². The van der Waals surface area contributed by atoms with Gasteiger partial charge < -0.3 is 4.74 Å². The lowest BCUT2D eigenvalue weighted by Gasteiger charge is -2.27. The molecular formula is C9H20OSSi. The zero-order valence-electron chi connectivity index (χ0n) is 8.64. The van der Waals surface area contributed by atoms with Gasteiger partial charge in [-0.2, -0.15) is 0 Å². The van der Waals surface area contributed by atoms with Crippen LogP contribution in [0, 0.1) is 0 Å². The Hall–Kier alpha value is 0.107. The minimum atomic E-state index is -1.09. The summed E-state index contributed by atoms with van der Waals surface area (Å²) < 4.78 is 5.47. The first-order chi connectivity index (χ1) is 5.60. The van der Waals surface area contributed by atoms with Crippen molar-refractivity contribution in [2.75, 3.05) is 6.23 Å². The van der Waals surface area contributed by atoms with Gasteiger partial charge >= 0.3 is 0 Å². The molecule has 0 heterocycles. The highest BCUT2D eigenvalue weighted by molar-refractivity contribution is 7.80. The molecule has 72 valence electrons. The highest BCUT2D eigenvalue weighted by atomic mass is 32.1. The van der Waals surface area contributed by atoms with Crippen molar-refractivity contribution in [2.24, 2.45) is 0 Å². The van der Waals surface area contributed by atoms with E-state index in [9.17, 15) is 0 Å².